The van der Waals surface area contributed by atoms with E-state index in [4.69, 9.17) is 0 Å². The van der Waals surface area contributed by atoms with E-state index in [0.717, 1.165) is 44.5 Å². The average molecular weight is 434 g/mol. The van der Waals surface area contributed by atoms with Crippen molar-refractivity contribution in [2.75, 3.05) is 57.8 Å². The Bertz CT molecular complexity index is 937. The van der Waals surface area contributed by atoms with E-state index >= 15 is 0 Å². The van der Waals surface area contributed by atoms with Crippen LogP contribution in [0.2, 0.25) is 0 Å². The number of nitrogens with one attached hydrogen (secondary N) is 1. The molecule has 0 unspecified atom stereocenters. The van der Waals surface area contributed by atoms with Gasteiger partial charge in [0, 0.05) is 71.7 Å². The number of benzene rings is 1. The number of hydrogen-bond donors (Lipinski definition) is 1. The molecule has 168 valence electrons. The lowest BCUT2D eigenvalue weighted by Crippen LogP contribution is -2.50. The molecule has 1 aromatic heterocycles. The number of anilines is 1. The van der Waals surface area contributed by atoms with Crippen LogP contribution >= 0.6 is 0 Å². The largest absolute Gasteiger partial charge is 0.356 e. The quantitative estimate of drug-likeness (QED) is 0.573. The Balaban J connectivity index is 1.20. The fraction of sp³-hybridized carbons (Fsp3) is 0.417. The molecule has 2 aromatic rings. The molecular weight excluding hydrogens is 402 g/mol. The van der Waals surface area contributed by atoms with Crippen molar-refractivity contribution in [1.82, 2.24) is 25.1 Å². The van der Waals surface area contributed by atoms with Crippen molar-refractivity contribution in [1.29, 1.82) is 0 Å². The van der Waals surface area contributed by atoms with Crippen molar-refractivity contribution in [3.05, 3.63) is 60.4 Å². The van der Waals surface area contributed by atoms with Crippen molar-refractivity contribution in [2.45, 2.75) is 12.8 Å². The van der Waals surface area contributed by atoms with Crippen molar-refractivity contribution in [3.8, 4) is 0 Å². The fourth-order valence-corrected chi connectivity index (χ4v) is 4.16. The first kappa shape index (κ1) is 21.8. The minimum Gasteiger partial charge on any atom is -0.356 e. The second-order valence-corrected chi connectivity index (χ2v) is 7.93. The molecule has 8 heteroatoms. The van der Waals surface area contributed by atoms with Crippen LogP contribution in [0.15, 0.2) is 59.9 Å². The van der Waals surface area contributed by atoms with Gasteiger partial charge in [0.1, 0.15) is 0 Å². The summed E-state index contributed by atoms with van der Waals surface area (Å²) in [7, 11) is 1.80. The number of guanidine groups is 1. The highest BCUT2D eigenvalue weighted by Gasteiger charge is 2.22. The first-order valence-corrected chi connectivity index (χ1v) is 11.2. The molecule has 32 heavy (non-hydrogen) atoms. The number of nitrogens with zero attached hydrogens (tertiary/aromatic N) is 6. The number of aromatic nitrogens is 2. The van der Waals surface area contributed by atoms with Gasteiger partial charge in [-0.05, 0) is 23.6 Å². The smallest absolute Gasteiger partial charge is 0.225 e. The van der Waals surface area contributed by atoms with E-state index in [1.807, 2.05) is 17.0 Å². The van der Waals surface area contributed by atoms with E-state index < -0.39 is 0 Å². The molecule has 1 N–H and O–H groups in total. The predicted octanol–water partition coefficient (Wildman–Crippen LogP) is 1.88. The molecule has 0 saturated carbocycles. The zero-order valence-electron chi connectivity index (χ0n) is 18.7. The normalized spacial score (nSPS) is 17.2. The second kappa shape index (κ2) is 10.7. The minimum absolute atomic E-state index is 0.173. The van der Waals surface area contributed by atoms with Gasteiger partial charge in [-0.1, -0.05) is 36.4 Å². The summed E-state index contributed by atoms with van der Waals surface area (Å²) in [6, 6.07) is 12.3. The van der Waals surface area contributed by atoms with E-state index in [9.17, 15) is 4.79 Å². The Hall–Kier alpha value is -3.42. The highest BCUT2D eigenvalue weighted by atomic mass is 16.2. The molecule has 1 saturated heterocycles. The summed E-state index contributed by atoms with van der Waals surface area (Å²) in [5, 5.41) is 3.37. The molecule has 0 bridgehead atoms. The number of amides is 1. The Labute approximate surface area is 189 Å². The Kier molecular flexibility index (Phi) is 7.32. The highest BCUT2D eigenvalue weighted by Crippen LogP contribution is 2.22. The molecule has 0 spiro atoms. The van der Waals surface area contributed by atoms with Crippen LogP contribution in [-0.4, -0.2) is 84.5 Å². The number of carbonyl (C=O) groups is 1. The summed E-state index contributed by atoms with van der Waals surface area (Å²) in [5.41, 5.74) is 2.67. The van der Waals surface area contributed by atoms with Crippen LogP contribution in [-0.2, 0) is 4.79 Å². The molecule has 0 radical (unpaired) electrons. The molecule has 1 fully saturated rings. The third-order valence-corrected chi connectivity index (χ3v) is 5.95. The Morgan fingerprint density at radius 1 is 1.00 bits per heavy atom. The number of aliphatic imine (C=N–C) groups is 1. The van der Waals surface area contributed by atoms with Gasteiger partial charge in [0.05, 0.1) is 0 Å². The van der Waals surface area contributed by atoms with Crippen molar-refractivity contribution >= 4 is 23.4 Å². The third kappa shape index (κ3) is 5.43. The van der Waals surface area contributed by atoms with Gasteiger partial charge in [-0.3, -0.25) is 9.79 Å². The van der Waals surface area contributed by atoms with Gasteiger partial charge in [-0.15, -0.1) is 0 Å². The lowest BCUT2D eigenvalue weighted by molar-refractivity contribution is -0.131. The van der Waals surface area contributed by atoms with Crippen LogP contribution in [0.4, 0.5) is 5.95 Å². The van der Waals surface area contributed by atoms with Crippen LogP contribution in [0.25, 0.3) is 5.57 Å². The molecule has 1 amide bonds. The maximum Gasteiger partial charge on any atom is 0.225 e. The monoisotopic (exact) mass is 433 g/mol. The molecule has 8 nitrogen and oxygen atoms in total. The van der Waals surface area contributed by atoms with E-state index in [1.165, 1.54) is 11.1 Å². The molecule has 2 aliphatic rings. The molecule has 2 aliphatic heterocycles. The van der Waals surface area contributed by atoms with Crippen LogP contribution in [0.5, 0.6) is 0 Å². The summed E-state index contributed by atoms with van der Waals surface area (Å²) < 4.78 is 0. The lowest BCUT2D eigenvalue weighted by Gasteiger charge is -2.35. The van der Waals surface area contributed by atoms with Gasteiger partial charge in [-0.25, -0.2) is 9.97 Å². The van der Waals surface area contributed by atoms with Gasteiger partial charge < -0.3 is 20.0 Å². The Morgan fingerprint density at radius 2 is 1.75 bits per heavy atom. The molecular formula is C24H31N7O. The van der Waals surface area contributed by atoms with Gasteiger partial charge >= 0.3 is 0 Å². The van der Waals surface area contributed by atoms with Crippen LogP contribution in [0, 0.1) is 0 Å². The van der Waals surface area contributed by atoms with Crippen molar-refractivity contribution < 1.29 is 4.79 Å². The first-order chi connectivity index (χ1) is 15.7. The number of piperazine rings is 1. The average Bonchev–Trinajstić information content (AvgIpc) is 2.88. The van der Waals surface area contributed by atoms with Crippen molar-refractivity contribution in [3.63, 3.8) is 0 Å². The van der Waals surface area contributed by atoms with Gasteiger partial charge in [0.15, 0.2) is 5.96 Å². The van der Waals surface area contributed by atoms with Crippen LogP contribution in [0.3, 0.4) is 0 Å². The fourth-order valence-electron chi connectivity index (χ4n) is 4.16. The topological polar surface area (TPSA) is 77.0 Å². The van der Waals surface area contributed by atoms with Crippen molar-refractivity contribution in [2.24, 2.45) is 4.99 Å². The van der Waals surface area contributed by atoms with Gasteiger partial charge in [-0.2, -0.15) is 0 Å². The Morgan fingerprint density at radius 3 is 2.41 bits per heavy atom. The van der Waals surface area contributed by atoms with E-state index in [-0.39, 0.29) is 5.91 Å². The number of rotatable bonds is 5. The molecule has 1 aromatic carbocycles. The number of hydrogen-bond acceptors (Lipinski definition) is 5. The van der Waals surface area contributed by atoms with Crippen LogP contribution in [0.1, 0.15) is 18.4 Å². The number of carbonyl (C=O) groups excluding carboxylic acids is 1. The summed E-state index contributed by atoms with van der Waals surface area (Å²) in [5.74, 6) is 1.76. The summed E-state index contributed by atoms with van der Waals surface area (Å²) in [6.45, 7) is 5.23. The second-order valence-electron chi connectivity index (χ2n) is 7.93. The molecule has 0 atom stereocenters. The molecule has 3 heterocycles. The van der Waals surface area contributed by atoms with Gasteiger partial charge in [0.2, 0.25) is 11.9 Å². The molecule has 4 rings (SSSR count). The van der Waals surface area contributed by atoms with E-state index in [1.54, 1.807) is 19.4 Å². The maximum absolute atomic E-state index is 12.7. The standard InChI is InChI=1S/C24H31N7O/c1-25-23(30-14-9-21(10-15-30)20-6-3-2-4-7-20)28-13-8-22(32)29-16-18-31(19-17-29)24-26-11-5-12-27-24/h2-7,9,11-12H,8,10,13-19H2,1H3,(H,25,28). The zero-order chi connectivity index (χ0) is 22.2. The highest BCUT2D eigenvalue weighted by molar-refractivity contribution is 5.82. The summed E-state index contributed by atoms with van der Waals surface area (Å²) in [4.78, 5) is 32.0. The van der Waals surface area contributed by atoms with E-state index in [0.29, 0.717) is 26.1 Å². The first-order valence-electron chi connectivity index (χ1n) is 11.2. The molecule has 0 aliphatic carbocycles. The zero-order valence-corrected chi connectivity index (χ0v) is 18.7. The summed E-state index contributed by atoms with van der Waals surface area (Å²) in [6.07, 6.45) is 7.21. The maximum atomic E-state index is 12.7. The lowest BCUT2D eigenvalue weighted by atomic mass is 10.00. The third-order valence-electron chi connectivity index (χ3n) is 5.95. The summed E-state index contributed by atoms with van der Waals surface area (Å²) >= 11 is 0. The van der Waals surface area contributed by atoms with Gasteiger partial charge in [0.25, 0.3) is 0 Å². The minimum atomic E-state index is 0.173. The predicted molar refractivity (Wildman–Crippen MR) is 127 cm³/mol. The van der Waals surface area contributed by atoms with Crippen LogP contribution < -0.4 is 10.2 Å². The van der Waals surface area contributed by atoms with E-state index in [2.05, 4.69) is 60.4 Å². The SMILES string of the molecule is CN=C(NCCC(=O)N1CCN(c2ncccn2)CC1)N1CC=C(c2ccccc2)CC1.